The predicted octanol–water partition coefficient (Wildman–Crippen LogP) is 3.95. The fourth-order valence-corrected chi connectivity index (χ4v) is 4.95. The van der Waals surface area contributed by atoms with Crippen molar-refractivity contribution < 1.29 is 0 Å². The van der Waals surface area contributed by atoms with Gasteiger partial charge in [-0.25, -0.2) is 4.68 Å². The van der Waals surface area contributed by atoms with E-state index >= 15 is 0 Å². The number of aromatic nitrogens is 3. The standard InChI is InChI=1S/C15H27N3S/c1-6-13-8-14(19-7-2)12(5)15(11(13)4)18-9-10(3)16-17-18/h9,11-15H,6-8H2,1-5H3/t11-,12-,13-,14+,15-/m0/s1. The Labute approximate surface area is 121 Å². The summed E-state index contributed by atoms with van der Waals surface area (Å²) < 4.78 is 2.13. The summed E-state index contributed by atoms with van der Waals surface area (Å²) in [5.41, 5.74) is 1.03. The van der Waals surface area contributed by atoms with E-state index in [1.807, 2.05) is 6.92 Å². The molecule has 1 aliphatic rings. The van der Waals surface area contributed by atoms with Crippen LogP contribution in [0.3, 0.4) is 0 Å². The van der Waals surface area contributed by atoms with E-state index in [-0.39, 0.29) is 0 Å². The molecule has 1 aromatic heterocycles. The van der Waals surface area contributed by atoms with E-state index in [1.54, 1.807) is 0 Å². The van der Waals surface area contributed by atoms with E-state index in [2.05, 4.69) is 60.6 Å². The van der Waals surface area contributed by atoms with Crippen molar-refractivity contribution in [2.45, 2.75) is 58.8 Å². The highest BCUT2D eigenvalue weighted by atomic mass is 32.2. The van der Waals surface area contributed by atoms with Gasteiger partial charge in [-0.05, 0) is 36.9 Å². The van der Waals surface area contributed by atoms with Gasteiger partial charge < -0.3 is 0 Å². The highest BCUT2D eigenvalue weighted by molar-refractivity contribution is 7.99. The first-order valence-corrected chi connectivity index (χ1v) is 8.63. The lowest BCUT2D eigenvalue weighted by Gasteiger charge is -2.44. The van der Waals surface area contributed by atoms with Crippen molar-refractivity contribution >= 4 is 11.8 Å². The van der Waals surface area contributed by atoms with Gasteiger partial charge in [0.15, 0.2) is 0 Å². The van der Waals surface area contributed by atoms with Crippen molar-refractivity contribution in [1.29, 1.82) is 0 Å². The smallest absolute Gasteiger partial charge is 0.0796 e. The highest BCUT2D eigenvalue weighted by Gasteiger charge is 2.41. The van der Waals surface area contributed by atoms with Crippen LogP contribution in [0.1, 0.15) is 52.3 Å². The van der Waals surface area contributed by atoms with E-state index in [9.17, 15) is 0 Å². The van der Waals surface area contributed by atoms with Gasteiger partial charge in [-0.15, -0.1) is 5.10 Å². The molecular formula is C15H27N3S. The van der Waals surface area contributed by atoms with Crippen LogP contribution in [0.2, 0.25) is 0 Å². The summed E-state index contributed by atoms with van der Waals surface area (Å²) in [5, 5.41) is 9.31. The number of hydrogen-bond acceptors (Lipinski definition) is 3. The first-order valence-electron chi connectivity index (χ1n) is 7.58. The van der Waals surface area contributed by atoms with Crippen molar-refractivity contribution in [2.75, 3.05) is 5.75 Å². The maximum Gasteiger partial charge on any atom is 0.0796 e. The molecule has 1 heterocycles. The van der Waals surface area contributed by atoms with Gasteiger partial charge in [-0.2, -0.15) is 11.8 Å². The lowest BCUT2D eigenvalue weighted by molar-refractivity contribution is 0.110. The minimum Gasteiger partial charge on any atom is -0.249 e. The number of rotatable bonds is 4. The summed E-state index contributed by atoms with van der Waals surface area (Å²) in [6.07, 6.45) is 4.75. The van der Waals surface area contributed by atoms with Crippen LogP contribution < -0.4 is 0 Å². The second-order valence-corrected chi connectivity index (χ2v) is 7.46. The van der Waals surface area contributed by atoms with Crippen molar-refractivity contribution in [3.05, 3.63) is 11.9 Å². The Morgan fingerprint density at radius 3 is 2.58 bits per heavy atom. The number of aryl methyl sites for hydroxylation is 1. The maximum absolute atomic E-state index is 4.36. The Bertz CT molecular complexity index is 404. The third-order valence-electron chi connectivity index (χ3n) is 4.78. The molecule has 1 aromatic rings. The molecule has 2 rings (SSSR count). The van der Waals surface area contributed by atoms with Gasteiger partial charge >= 0.3 is 0 Å². The second-order valence-electron chi connectivity index (χ2n) is 5.95. The molecule has 1 aliphatic carbocycles. The van der Waals surface area contributed by atoms with Gasteiger partial charge in [0.2, 0.25) is 0 Å². The van der Waals surface area contributed by atoms with Crippen LogP contribution in [-0.2, 0) is 0 Å². The van der Waals surface area contributed by atoms with Crippen LogP contribution in [-0.4, -0.2) is 26.0 Å². The molecule has 4 heteroatoms. The van der Waals surface area contributed by atoms with Gasteiger partial charge in [0.05, 0.1) is 11.7 Å². The minimum absolute atomic E-state index is 0.504. The summed E-state index contributed by atoms with van der Waals surface area (Å²) in [4.78, 5) is 0. The largest absolute Gasteiger partial charge is 0.249 e. The second kappa shape index (κ2) is 6.29. The highest BCUT2D eigenvalue weighted by Crippen LogP contribution is 2.46. The third kappa shape index (κ3) is 2.99. The van der Waals surface area contributed by atoms with E-state index in [1.165, 1.54) is 18.6 Å². The Balaban J connectivity index is 2.26. The topological polar surface area (TPSA) is 30.7 Å². The molecule has 19 heavy (non-hydrogen) atoms. The minimum atomic E-state index is 0.504. The van der Waals surface area contributed by atoms with E-state index < -0.39 is 0 Å². The van der Waals surface area contributed by atoms with Crippen LogP contribution in [0.4, 0.5) is 0 Å². The number of nitrogens with zero attached hydrogens (tertiary/aromatic N) is 3. The van der Waals surface area contributed by atoms with Crippen LogP contribution in [0, 0.1) is 24.7 Å². The summed E-state index contributed by atoms with van der Waals surface area (Å²) in [7, 11) is 0. The fraction of sp³-hybridized carbons (Fsp3) is 0.867. The SMILES string of the molecule is CCS[C@@H]1C[C@H](CC)[C@H](C)[C@H](n2cc(C)nn2)[C@H]1C. The molecule has 108 valence electrons. The first-order chi connectivity index (χ1) is 9.08. The van der Waals surface area contributed by atoms with E-state index in [0.717, 1.165) is 16.9 Å². The van der Waals surface area contributed by atoms with E-state index in [0.29, 0.717) is 17.9 Å². The molecule has 5 atom stereocenters. The molecular weight excluding hydrogens is 254 g/mol. The van der Waals surface area contributed by atoms with Crippen LogP contribution in [0.15, 0.2) is 6.20 Å². The molecule has 1 fully saturated rings. The monoisotopic (exact) mass is 281 g/mol. The zero-order valence-electron chi connectivity index (χ0n) is 12.8. The van der Waals surface area contributed by atoms with Crippen molar-refractivity contribution in [3.8, 4) is 0 Å². The average Bonchev–Trinajstić information content (AvgIpc) is 2.79. The molecule has 1 saturated carbocycles. The van der Waals surface area contributed by atoms with Crippen molar-refractivity contribution in [2.24, 2.45) is 17.8 Å². The number of thioether (sulfide) groups is 1. The molecule has 0 saturated heterocycles. The molecule has 0 aromatic carbocycles. The molecule has 0 amide bonds. The van der Waals surface area contributed by atoms with Gasteiger partial charge in [-0.1, -0.05) is 39.3 Å². The zero-order chi connectivity index (χ0) is 14.0. The summed E-state index contributed by atoms with van der Waals surface area (Å²) in [5.74, 6) is 3.39. The van der Waals surface area contributed by atoms with Gasteiger partial charge in [0.25, 0.3) is 0 Å². The van der Waals surface area contributed by atoms with Gasteiger partial charge in [-0.3, -0.25) is 0 Å². The summed E-state index contributed by atoms with van der Waals surface area (Å²) in [6, 6.07) is 0.504. The Morgan fingerprint density at radius 1 is 1.32 bits per heavy atom. The zero-order valence-corrected chi connectivity index (χ0v) is 13.7. The Morgan fingerprint density at radius 2 is 2.05 bits per heavy atom. The quantitative estimate of drug-likeness (QED) is 0.837. The molecule has 0 unspecified atom stereocenters. The molecule has 0 radical (unpaired) electrons. The maximum atomic E-state index is 4.36. The predicted molar refractivity (Wildman–Crippen MR) is 82.4 cm³/mol. The molecule has 0 bridgehead atoms. The lowest BCUT2D eigenvalue weighted by Crippen LogP contribution is -2.41. The fourth-order valence-electron chi connectivity index (χ4n) is 3.67. The molecule has 3 nitrogen and oxygen atoms in total. The first kappa shape index (κ1) is 14.9. The van der Waals surface area contributed by atoms with Crippen molar-refractivity contribution in [3.63, 3.8) is 0 Å². The van der Waals surface area contributed by atoms with Crippen LogP contribution in [0.25, 0.3) is 0 Å². The molecule has 0 N–H and O–H groups in total. The van der Waals surface area contributed by atoms with E-state index in [4.69, 9.17) is 0 Å². The average molecular weight is 281 g/mol. The Hall–Kier alpha value is -0.510. The summed E-state index contributed by atoms with van der Waals surface area (Å²) >= 11 is 2.13. The lowest BCUT2D eigenvalue weighted by atomic mass is 9.70. The molecule has 0 spiro atoms. The van der Waals surface area contributed by atoms with Crippen molar-refractivity contribution in [1.82, 2.24) is 15.0 Å². The third-order valence-corrected chi connectivity index (χ3v) is 6.16. The molecule has 0 aliphatic heterocycles. The van der Waals surface area contributed by atoms with Crippen LogP contribution in [0.5, 0.6) is 0 Å². The normalized spacial score (nSPS) is 35.5. The Kier molecular flexibility index (Phi) is 4.93. The van der Waals surface area contributed by atoms with Crippen LogP contribution >= 0.6 is 11.8 Å². The number of hydrogen-bond donors (Lipinski definition) is 0. The summed E-state index contributed by atoms with van der Waals surface area (Å²) in [6.45, 7) is 11.4. The van der Waals surface area contributed by atoms with Gasteiger partial charge in [0.1, 0.15) is 0 Å². The van der Waals surface area contributed by atoms with Gasteiger partial charge in [0, 0.05) is 11.4 Å².